The first-order valence-corrected chi connectivity index (χ1v) is 6.98. The fraction of sp³-hybridized carbons (Fsp3) is 0.429. The number of hydrogen-bond acceptors (Lipinski definition) is 3. The van der Waals surface area contributed by atoms with E-state index >= 15 is 0 Å². The van der Waals surface area contributed by atoms with Crippen LogP contribution in [0.25, 0.3) is 0 Å². The SMILES string of the molecule is Cc1ccc(C2N=C(NC(C)(C)C)NC2=O)cc1Br. The van der Waals surface area contributed by atoms with E-state index < -0.39 is 6.04 Å². The molecule has 0 fully saturated rings. The molecule has 102 valence electrons. The number of aryl methyl sites for hydroxylation is 1. The molecule has 0 bridgehead atoms. The van der Waals surface area contributed by atoms with Crippen molar-refractivity contribution in [3.63, 3.8) is 0 Å². The smallest absolute Gasteiger partial charge is 0.256 e. The van der Waals surface area contributed by atoms with Crippen molar-refractivity contribution < 1.29 is 4.79 Å². The highest BCUT2D eigenvalue weighted by atomic mass is 79.9. The molecule has 0 saturated carbocycles. The third-order valence-electron chi connectivity index (χ3n) is 2.75. The predicted molar refractivity (Wildman–Crippen MR) is 80.1 cm³/mol. The highest BCUT2D eigenvalue weighted by Crippen LogP contribution is 2.26. The highest BCUT2D eigenvalue weighted by Gasteiger charge is 2.29. The Balaban J connectivity index is 2.25. The van der Waals surface area contributed by atoms with Gasteiger partial charge in [-0.2, -0.15) is 0 Å². The van der Waals surface area contributed by atoms with Crippen molar-refractivity contribution in [3.8, 4) is 0 Å². The van der Waals surface area contributed by atoms with Gasteiger partial charge in [-0.15, -0.1) is 0 Å². The average Bonchev–Trinajstić information content (AvgIpc) is 2.61. The van der Waals surface area contributed by atoms with E-state index in [-0.39, 0.29) is 11.4 Å². The van der Waals surface area contributed by atoms with Gasteiger partial charge < -0.3 is 5.32 Å². The number of amides is 1. The Morgan fingerprint density at radius 1 is 1.37 bits per heavy atom. The Labute approximate surface area is 121 Å². The lowest BCUT2D eigenvalue weighted by Crippen LogP contribution is -2.46. The fourth-order valence-corrected chi connectivity index (χ4v) is 2.23. The standard InChI is InChI=1S/C14H18BrN3O/c1-8-5-6-9(7-10(8)15)11-12(19)17-13(16-11)18-14(2,3)4/h5-7,11H,1-4H3,(H2,16,17,18,19). The van der Waals surface area contributed by atoms with Crippen LogP contribution < -0.4 is 10.6 Å². The average molecular weight is 324 g/mol. The number of nitrogens with one attached hydrogen (secondary N) is 2. The summed E-state index contributed by atoms with van der Waals surface area (Å²) >= 11 is 3.48. The van der Waals surface area contributed by atoms with Crippen molar-refractivity contribution >= 4 is 27.8 Å². The van der Waals surface area contributed by atoms with Crippen molar-refractivity contribution in [2.24, 2.45) is 4.99 Å². The molecule has 0 aliphatic carbocycles. The zero-order valence-electron chi connectivity index (χ0n) is 11.5. The Hall–Kier alpha value is -1.36. The van der Waals surface area contributed by atoms with E-state index in [2.05, 4.69) is 31.6 Å². The van der Waals surface area contributed by atoms with Crippen LogP contribution in [0.4, 0.5) is 0 Å². The van der Waals surface area contributed by atoms with Gasteiger partial charge in [-0.25, -0.2) is 4.99 Å². The van der Waals surface area contributed by atoms with Crippen LogP contribution in [0.1, 0.15) is 37.9 Å². The Morgan fingerprint density at radius 2 is 2.05 bits per heavy atom. The normalized spacial score (nSPS) is 19.1. The molecule has 1 aromatic rings. The van der Waals surface area contributed by atoms with E-state index in [0.717, 1.165) is 15.6 Å². The lowest BCUT2D eigenvalue weighted by Gasteiger charge is -2.21. The summed E-state index contributed by atoms with van der Waals surface area (Å²) in [6.45, 7) is 8.09. The molecule has 1 amide bonds. The van der Waals surface area contributed by atoms with Crippen LogP contribution >= 0.6 is 15.9 Å². The molecule has 2 rings (SSSR count). The van der Waals surface area contributed by atoms with Gasteiger partial charge in [0.05, 0.1) is 0 Å². The van der Waals surface area contributed by atoms with E-state index in [0.29, 0.717) is 5.96 Å². The molecule has 0 spiro atoms. The first-order chi connectivity index (χ1) is 8.76. The Bertz CT molecular complexity index is 546. The van der Waals surface area contributed by atoms with Gasteiger partial charge >= 0.3 is 0 Å². The quantitative estimate of drug-likeness (QED) is 0.834. The lowest BCUT2D eigenvalue weighted by molar-refractivity contribution is -0.120. The first-order valence-electron chi connectivity index (χ1n) is 6.19. The van der Waals surface area contributed by atoms with Crippen molar-refractivity contribution in [3.05, 3.63) is 33.8 Å². The summed E-state index contributed by atoms with van der Waals surface area (Å²) in [5.74, 6) is 0.446. The monoisotopic (exact) mass is 323 g/mol. The number of halogens is 1. The van der Waals surface area contributed by atoms with Gasteiger partial charge in [-0.3, -0.25) is 10.1 Å². The molecule has 19 heavy (non-hydrogen) atoms. The summed E-state index contributed by atoms with van der Waals surface area (Å²) in [5, 5.41) is 5.96. The van der Waals surface area contributed by atoms with E-state index in [1.165, 1.54) is 0 Å². The zero-order valence-corrected chi connectivity index (χ0v) is 13.1. The summed E-state index contributed by atoms with van der Waals surface area (Å²) in [6, 6.07) is 5.40. The molecule has 5 heteroatoms. The molecule has 4 nitrogen and oxygen atoms in total. The van der Waals surface area contributed by atoms with Gasteiger partial charge in [-0.05, 0) is 44.9 Å². The second-order valence-electron chi connectivity index (χ2n) is 5.75. The minimum atomic E-state index is -0.471. The van der Waals surface area contributed by atoms with Gasteiger partial charge in [0.1, 0.15) is 0 Å². The van der Waals surface area contributed by atoms with Gasteiger partial charge in [-0.1, -0.05) is 28.1 Å². The van der Waals surface area contributed by atoms with Crippen LogP contribution in [0, 0.1) is 6.92 Å². The lowest BCUT2D eigenvalue weighted by atomic mass is 10.1. The summed E-state index contributed by atoms with van der Waals surface area (Å²) in [7, 11) is 0. The van der Waals surface area contributed by atoms with Gasteiger partial charge in [0.15, 0.2) is 12.0 Å². The van der Waals surface area contributed by atoms with Gasteiger partial charge in [0, 0.05) is 10.0 Å². The summed E-state index contributed by atoms with van der Waals surface area (Å²) < 4.78 is 0.991. The fourth-order valence-electron chi connectivity index (χ4n) is 1.83. The molecule has 0 aromatic heterocycles. The molecule has 1 unspecified atom stereocenters. The van der Waals surface area contributed by atoms with Crippen LogP contribution in [-0.4, -0.2) is 17.4 Å². The molecule has 1 heterocycles. The number of carbonyl (C=O) groups excluding carboxylic acids is 1. The number of carbonyl (C=O) groups is 1. The van der Waals surface area contributed by atoms with Crippen molar-refractivity contribution in [2.45, 2.75) is 39.3 Å². The second-order valence-corrected chi connectivity index (χ2v) is 6.61. The molecule has 1 aliphatic heterocycles. The molecule has 0 saturated heterocycles. The largest absolute Gasteiger partial charge is 0.351 e. The van der Waals surface area contributed by atoms with Crippen molar-refractivity contribution in [1.29, 1.82) is 0 Å². The van der Waals surface area contributed by atoms with E-state index in [9.17, 15) is 4.79 Å². The molecule has 1 atom stereocenters. The molecule has 1 aliphatic rings. The summed E-state index contributed by atoms with van der Waals surface area (Å²) in [6.07, 6.45) is 0. The number of rotatable bonds is 1. The maximum Gasteiger partial charge on any atom is 0.256 e. The van der Waals surface area contributed by atoms with Crippen LogP contribution in [0.3, 0.4) is 0 Å². The third kappa shape index (κ3) is 3.35. The topological polar surface area (TPSA) is 53.5 Å². The Kier molecular flexibility index (Phi) is 3.67. The minimum Gasteiger partial charge on any atom is -0.351 e. The van der Waals surface area contributed by atoms with Crippen LogP contribution in [0.5, 0.6) is 0 Å². The van der Waals surface area contributed by atoms with E-state index in [1.54, 1.807) is 0 Å². The Morgan fingerprint density at radius 3 is 2.63 bits per heavy atom. The number of guanidine groups is 1. The molecular weight excluding hydrogens is 306 g/mol. The van der Waals surface area contributed by atoms with Gasteiger partial charge in [0.2, 0.25) is 0 Å². The van der Waals surface area contributed by atoms with Crippen LogP contribution in [0.2, 0.25) is 0 Å². The maximum atomic E-state index is 12.0. The predicted octanol–water partition coefficient (Wildman–Crippen LogP) is 2.67. The molecule has 2 N–H and O–H groups in total. The molecule has 0 radical (unpaired) electrons. The van der Waals surface area contributed by atoms with Crippen LogP contribution in [-0.2, 0) is 4.79 Å². The van der Waals surface area contributed by atoms with Crippen molar-refractivity contribution in [1.82, 2.24) is 10.6 Å². The highest BCUT2D eigenvalue weighted by molar-refractivity contribution is 9.10. The number of benzene rings is 1. The third-order valence-corrected chi connectivity index (χ3v) is 3.61. The second kappa shape index (κ2) is 4.96. The van der Waals surface area contributed by atoms with Gasteiger partial charge in [0.25, 0.3) is 5.91 Å². The minimum absolute atomic E-state index is 0.0949. The molecular formula is C14H18BrN3O. The molecule has 1 aromatic carbocycles. The first kappa shape index (κ1) is 14.1. The van der Waals surface area contributed by atoms with Crippen LogP contribution in [0.15, 0.2) is 27.7 Å². The van der Waals surface area contributed by atoms with E-state index in [4.69, 9.17) is 0 Å². The number of nitrogens with zero attached hydrogens (tertiary/aromatic N) is 1. The number of hydrogen-bond donors (Lipinski definition) is 2. The number of aliphatic imine (C=N–C) groups is 1. The van der Waals surface area contributed by atoms with E-state index in [1.807, 2.05) is 45.9 Å². The summed E-state index contributed by atoms with van der Waals surface area (Å²) in [4.78, 5) is 16.4. The summed E-state index contributed by atoms with van der Waals surface area (Å²) in [5.41, 5.74) is 1.90. The maximum absolute atomic E-state index is 12.0. The van der Waals surface area contributed by atoms with Crippen molar-refractivity contribution in [2.75, 3.05) is 0 Å². The zero-order chi connectivity index (χ0) is 14.2.